The predicted molar refractivity (Wildman–Crippen MR) is 98.7 cm³/mol. The van der Waals surface area contributed by atoms with E-state index < -0.39 is 0 Å². The zero-order valence-electron chi connectivity index (χ0n) is 13.4. The highest BCUT2D eigenvalue weighted by Gasteiger charge is 2.12. The van der Waals surface area contributed by atoms with Gasteiger partial charge in [0.2, 0.25) is 5.91 Å². The van der Waals surface area contributed by atoms with Gasteiger partial charge in [-0.1, -0.05) is 42.1 Å². The Kier molecular flexibility index (Phi) is 5.01. The number of nitrogens with zero attached hydrogens (tertiary/aromatic N) is 1. The van der Waals surface area contributed by atoms with Crippen molar-refractivity contribution in [3.05, 3.63) is 56.7 Å². The highest BCUT2D eigenvalue weighted by atomic mass is 32.2. The average Bonchev–Trinajstić information content (AvgIpc) is 2.86. The fraction of sp³-hybridized carbons (Fsp3) is 0.235. The van der Waals surface area contributed by atoms with Gasteiger partial charge in [0.25, 0.3) is 5.56 Å². The first-order valence-corrected chi connectivity index (χ1v) is 9.28. The van der Waals surface area contributed by atoms with E-state index in [-0.39, 0.29) is 17.2 Å². The quantitative estimate of drug-likeness (QED) is 0.542. The molecule has 5 nitrogen and oxygen atoms in total. The third-order valence-electron chi connectivity index (χ3n) is 3.69. The van der Waals surface area contributed by atoms with Gasteiger partial charge in [-0.2, -0.15) is 0 Å². The molecule has 0 aliphatic carbocycles. The number of carbonyl (C=O) groups is 1. The van der Waals surface area contributed by atoms with Crippen LogP contribution in [0, 0.1) is 13.8 Å². The molecule has 1 aromatic carbocycles. The number of H-pyrrole nitrogens is 1. The van der Waals surface area contributed by atoms with Gasteiger partial charge in [0, 0.05) is 11.4 Å². The number of thioether (sulfide) groups is 1. The van der Waals surface area contributed by atoms with Crippen LogP contribution in [0.5, 0.6) is 0 Å². The molecule has 0 fully saturated rings. The summed E-state index contributed by atoms with van der Waals surface area (Å²) in [5.41, 5.74) is 1.88. The van der Waals surface area contributed by atoms with E-state index in [2.05, 4.69) is 15.3 Å². The van der Waals surface area contributed by atoms with E-state index in [1.807, 2.05) is 44.2 Å². The second-order valence-electron chi connectivity index (χ2n) is 5.39. The second kappa shape index (κ2) is 7.19. The van der Waals surface area contributed by atoms with E-state index >= 15 is 0 Å². The zero-order chi connectivity index (χ0) is 17.1. The Morgan fingerprint density at radius 1 is 1.29 bits per heavy atom. The maximum Gasteiger partial charge on any atom is 0.260 e. The van der Waals surface area contributed by atoms with E-state index in [4.69, 9.17) is 0 Å². The number of hydrogen-bond donors (Lipinski definition) is 2. The van der Waals surface area contributed by atoms with Crippen molar-refractivity contribution in [1.82, 2.24) is 15.3 Å². The maximum atomic E-state index is 12.2. The molecule has 0 atom stereocenters. The summed E-state index contributed by atoms with van der Waals surface area (Å²) >= 11 is 2.74. The highest BCUT2D eigenvalue weighted by molar-refractivity contribution is 7.99. The van der Waals surface area contributed by atoms with Gasteiger partial charge in [-0.3, -0.25) is 9.59 Å². The molecule has 0 unspecified atom stereocenters. The summed E-state index contributed by atoms with van der Waals surface area (Å²) in [6.45, 7) is 4.40. The molecule has 0 spiro atoms. The van der Waals surface area contributed by atoms with Gasteiger partial charge < -0.3 is 10.3 Å². The number of nitrogens with one attached hydrogen (secondary N) is 2. The number of aryl methyl sites for hydroxylation is 2. The molecule has 24 heavy (non-hydrogen) atoms. The van der Waals surface area contributed by atoms with Gasteiger partial charge in [-0.05, 0) is 25.0 Å². The average molecular weight is 359 g/mol. The Labute approximate surface area is 147 Å². The van der Waals surface area contributed by atoms with Crippen molar-refractivity contribution in [2.75, 3.05) is 5.75 Å². The Balaban J connectivity index is 1.63. The molecule has 0 bridgehead atoms. The van der Waals surface area contributed by atoms with Crippen molar-refractivity contribution in [3.8, 4) is 0 Å². The van der Waals surface area contributed by atoms with Crippen molar-refractivity contribution in [2.45, 2.75) is 25.5 Å². The van der Waals surface area contributed by atoms with E-state index in [1.54, 1.807) is 0 Å². The maximum absolute atomic E-state index is 12.2. The first-order valence-electron chi connectivity index (χ1n) is 7.48. The van der Waals surface area contributed by atoms with Crippen LogP contribution in [0.2, 0.25) is 0 Å². The SMILES string of the molecule is Cc1sc2nc(SCC(=O)NCc3ccccc3)[nH]c(=O)c2c1C. The molecule has 0 saturated heterocycles. The monoisotopic (exact) mass is 359 g/mol. The van der Waals surface area contributed by atoms with Gasteiger partial charge >= 0.3 is 0 Å². The second-order valence-corrected chi connectivity index (χ2v) is 7.55. The molecule has 1 amide bonds. The first-order chi connectivity index (χ1) is 11.5. The summed E-state index contributed by atoms with van der Waals surface area (Å²) in [4.78, 5) is 33.2. The molecule has 3 rings (SSSR count). The van der Waals surface area contributed by atoms with E-state index in [0.29, 0.717) is 17.1 Å². The van der Waals surface area contributed by atoms with Crippen LogP contribution in [0.4, 0.5) is 0 Å². The molecule has 2 N–H and O–H groups in total. The van der Waals surface area contributed by atoms with Crippen LogP contribution in [0.15, 0.2) is 40.3 Å². The normalized spacial score (nSPS) is 10.9. The Hall–Kier alpha value is -2.12. The molecule has 2 heterocycles. The number of aromatic nitrogens is 2. The van der Waals surface area contributed by atoms with Crippen LogP contribution >= 0.6 is 23.1 Å². The smallest absolute Gasteiger partial charge is 0.260 e. The van der Waals surface area contributed by atoms with Crippen molar-refractivity contribution < 1.29 is 4.79 Å². The zero-order valence-corrected chi connectivity index (χ0v) is 15.0. The lowest BCUT2D eigenvalue weighted by Crippen LogP contribution is -2.24. The number of fused-ring (bicyclic) bond motifs is 1. The lowest BCUT2D eigenvalue weighted by Gasteiger charge is -2.05. The summed E-state index contributed by atoms with van der Waals surface area (Å²) in [5.74, 6) is 0.120. The topological polar surface area (TPSA) is 74.8 Å². The molecule has 0 aliphatic heterocycles. The van der Waals surface area contributed by atoms with Crippen molar-refractivity contribution in [1.29, 1.82) is 0 Å². The highest BCUT2D eigenvalue weighted by Crippen LogP contribution is 2.27. The molecule has 7 heteroatoms. The molecule has 124 valence electrons. The number of rotatable bonds is 5. The number of amides is 1. The van der Waals surface area contributed by atoms with Gasteiger partial charge in [-0.25, -0.2) is 4.98 Å². The van der Waals surface area contributed by atoms with Crippen LogP contribution in [-0.4, -0.2) is 21.6 Å². The van der Waals surface area contributed by atoms with E-state index in [1.165, 1.54) is 23.1 Å². The third kappa shape index (κ3) is 3.68. The standard InChI is InChI=1S/C17H17N3O2S2/c1-10-11(2)24-16-14(10)15(22)19-17(20-16)23-9-13(21)18-8-12-6-4-3-5-7-12/h3-7H,8-9H2,1-2H3,(H,18,21)(H,19,20,22). The third-order valence-corrected chi connectivity index (χ3v) is 5.66. The number of carbonyl (C=O) groups excluding carboxylic acids is 1. The van der Waals surface area contributed by atoms with Crippen LogP contribution in [0.3, 0.4) is 0 Å². The molecular weight excluding hydrogens is 342 g/mol. The molecular formula is C17H17N3O2S2. The van der Waals surface area contributed by atoms with Crippen LogP contribution in [0.1, 0.15) is 16.0 Å². The largest absolute Gasteiger partial charge is 0.351 e. The lowest BCUT2D eigenvalue weighted by molar-refractivity contribution is -0.118. The number of hydrogen-bond acceptors (Lipinski definition) is 5. The Morgan fingerprint density at radius 2 is 2.04 bits per heavy atom. The lowest BCUT2D eigenvalue weighted by atomic mass is 10.2. The fourth-order valence-corrected chi connectivity index (χ4v) is 4.06. The van der Waals surface area contributed by atoms with Crippen LogP contribution < -0.4 is 10.9 Å². The first kappa shape index (κ1) is 16.7. The molecule has 2 aromatic heterocycles. The summed E-state index contributed by atoms with van der Waals surface area (Å²) < 4.78 is 0. The number of thiophene rings is 1. The summed E-state index contributed by atoms with van der Waals surface area (Å²) in [6.07, 6.45) is 0. The van der Waals surface area contributed by atoms with Gasteiger partial charge in [-0.15, -0.1) is 11.3 Å². The molecule has 0 saturated carbocycles. The van der Waals surface area contributed by atoms with Crippen LogP contribution in [0.25, 0.3) is 10.2 Å². The van der Waals surface area contributed by atoms with E-state index in [0.717, 1.165) is 20.8 Å². The molecule has 0 radical (unpaired) electrons. The number of aromatic amines is 1. The van der Waals surface area contributed by atoms with Crippen LogP contribution in [-0.2, 0) is 11.3 Å². The molecule has 3 aromatic rings. The summed E-state index contributed by atoms with van der Waals surface area (Å²) in [7, 11) is 0. The van der Waals surface area contributed by atoms with Gasteiger partial charge in [0.05, 0.1) is 11.1 Å². The Bertz CT molecular complexity index is 932. The van der Waals surface area contributed by atoms with Crippen molar-refractivity contribution in [3.63, 3.8) is 0 Å². The minimum Gasteiger partial charge on any atom is -0.351 e. The number of benzene rings is 1. The van der Waals surface area contributed by atoms with E-state index in [9.17, 15) is 9.59 Å². The van der Waals surface area contributed by atoms with Gasteiger partial charge in [0.15, 0.2) is 5.16 Å². The van der Waals surface area contributed by atoms with Gasteiger partial charge in [0.1, 0.15) is 4.83 Å². The van der Waals surface area contributed by atoms with Crippen molar-refractivity contribution >= 4 is 39.2 Å². The summed E-state index contributed by atoms with van der Waals surface area (Å²) in [6, 6.07) is 9.73. The Morgan fingerprint density at radius 3 is 2.79 bits per heavy atom. The fourth-order valence-electron chi connectivity index (χ4n) is 2.28. The predicted octanol–water partition coefficient (Wildman–Crippen LogP) is 3.01. The molecule has 0 aliphatic rings. The summed E-state index contributed by atoms with van der Waals surface area (Å²) in [5, 5.41) is 3.98. The minimum absolute atomic E-state index is 0.0925. The minimum atomic E-state index is -0.144. The van der Waals surface area contributed by atoms with Crippen molar-refractivity contribution in [2.24, 2.45) is 0 Å².